The van der Waals surface area contributed by atoms with Crippen LogP contribution in [0.25, 0.3) is 10.2 Å². The van der Waals surface area contributed by atoms with Crippen molar-refractivity contribution >= 4 is 50.4 Å². The van der Waals surface area contributed by atoms with Gasteiger partial charge in [-0.1, -0.05) is 24.4 Å². The lowest BCUT2D eigenvalue weighted by Crippen LogP contribution is -2.13. The number of pyridine rings is 1. The van der Waals surface area contributed by atoms with Gasteiger partial charge in [0.1, 0.15) is 9.71 Å². The molecule has 0 saturated heterocycles. The van der Waals surface area contributed by atoms with E-state index in [1.807, 2.05) is 6.07 Å². The van der Waals surface area contributed by atoms with E-state index in [9.17, 15) is 18.0 Å². The second kappa shape index (κ2) is 8.07. The number of aryl methyl sites for hydroxylation is 2. The maximum atomic E-state index is 13.0. The minimum atomic E-state index is -4.54. The summed E-state index contributed by atoms with van der Waals surface area (Å²) in [5.41, 5.74) is 7.69. The smallest absolute Gasteiger partial charge is 0.397 e. The third-order valence-corrected chi connectivity index (χ3v) is 6.69. The Bertz CT molecular complexity index is 1130. The normalized spacial score (nSPS) is 14.8. The molecule has 1 aliphatic rings. The van der Waals surface area contributed by atoms with Gasteiger partial charge in [-0.3, -0.25) is 4.79 Å². The molecule has 158 valence electrons. The van der Waals surface area contributed by atoms with Crippen LogP contribution in [-0.2, 0) is 19.0 Å². The number of nitrogen functional groups attached to an aromatic ring is 1. The Kier molecular flexibility index (Phi) is 5.63. The first kappa shape index (κ1) is 20.9. The van der Waals surface area contributed by atoms with Crippen LogP contribution in [0, 0.1) is 0 Å². The Hall–Kier alpha value is -2.32. The van der Waals surface area contributed by atoms with Gasteiger partial charge in [0, 0.05) is 11.1 Å². The van der Waals surface area contributed by atoms with E-state index in [0.717, 1.165) is 66.5 Å². The van der Waals surface area contributed by atoms with Crippen LogP contribution in [-0.4, -0.2) is 10.9 Å². The monoisotopic (exact) mass is 453 g/mol. The molecule has 0 unspecified atom stereocenters. The van der Waals surface area contributed by atoms with Gasteiger partial charge in [0.15, 0.2) is 0 Å². The average molecular weight is 454 g/mol. The second-order valence-electron chi connectivity index (χ2n) is 7.35. The number of fused-ring (bicyclic) bond motifs is 2. The molecule has 1 aliphatic carbocycles. The average Bonchev–Trinajstić information content (AvgIpc) is 2.98. The number of carbonyl (C=O) groups excluding carboxylic acids is 1. The van der Waals surface area contributed by atoms with Gasteiger partial charge in [-0.2, -0.15) is 13.2 Å². The number of hydrogen-bond acceptors (Lipinski definition) is 4. The lowest BCUT2D eigenvalue weighted by molar-refractivity contribution is -0.137. The zero-order chi connectivity index (χ0) is 21.5. The number of rotatable bonds is 2. The molecule has 0 fully saturated rings. The van der Waals surface area contributed by atoms with E-state index in [0.29, 0.717) is 10.2 Å². The molecule has 2 aromatic heterocycles. The van der Waals surface area contributed by atoms with Crippen molar-refractivity contribution in [1.82, 2.24) is 4.98 Å². The first-order chi connectivity index (χ1) is 14.2. The minimum Gasteiger partial charge on any atom is -0.397 e. The Labute approximate surface area is 180 Å². The van der Waals surface area contributed by atoms with Crippen molar-refractivity contribution in [3.63, 3.8) is 0 Å². The number of anilines is 2. The van der Waals surface area contributed by atoms with Crippen molar-refractivity contribution in [2.75, 3.05) is 11.1 Å². The molecular formula is C21H19ClF3N3OS. The highest BCUT2D eigenvalue weighted by Crippen LogP contribution is 2.37. The molecule has 0 radical (unpaired) electrons. The molecule has 0 spiro atoms. The van der Waals surface area contributed by atoms with Gasteiger partial charge in [-0.25, -0.2) is 4.98 Å². The van der Waals surface area contributed by atoms with Crippen molar-refractivity contribution in [1.29, 1.82) is 0 Å². The number of nitrogens with two attached hydrogens (primary N) is 1. The van der Waals surface area contributed by atoms with E-state index >= 15 is 0 Å². The van der Waals surface area contributed by atoms with Crippen LogP contribution in [0.15, 0.2) is 24.3 Å². The third-order valence-electron chi connectivity index (χ3n) is 5.25. The van der Waals surface area contributed by atoms with E-state index in [-0.39, 0.29) is 21.3 Å². The molecule has 4 rings (SSSR count). The van der Waals surface area contributed by atoms with Crippen LogP contribution in [0.1, 0.15) is 52.2 Å². The fraction of sp³-hybridized carbons (Fsp3) is 0.333. The summed E-state index contributed by atoms with van der Waals surface area (Å²) in [5.74, 6) is -0.607. The predicted molar refractivity (Wildman–Crippen MR) is 114 cm³/mol. The molecule has 4 nitrogen and oxygen atoms in total. The minimum absolute atomic E-state index is 0.0112. The summed E-state index contributed by atoms with van der Waals surface area (Å²) in [5, 5.41) is 3.18. The Balaban J connectivity index is 1.68. The number of benzene rings is 1. The molecule has 3 aromatic rings. The summed E-state index contributed by atoms with van der Waals surface area (Å²) >= 11 is 7.13. The van der Waals surface area contributed by atoms with Gasteiger partial charge in [0.05, 0.1) is 22.0 Å². The van der Waals surface area contributed by atoms with Crippen LogP contribution in [0.5, 0.6) is 0 Å². The number of nitrogens with one attached hydrogen (secondary N) is 1. The van der Waals surface area contributed by atoms with E-state index in [1.54, 1.807) is 0 Å². The van der Waals surface area contributed by atoms with E-state index in [4.69, 9.17) is 22.3 Å². The molecule has 2 heterocycles. The molecular weight excluding hydrogens is 435 g/mol. The van der Waals surface area contributed by atoms with Gasteiger partial charge < -0.3 is 11.1 Å². The summed E-state index contributed by atoms with van der Waals surface area (Å²) in [6, 6.07) is 4.79. The summed E-state index contributed by atoms with van der Waals surface area (Å²) in [6.07, 6.45) is 1.80. The number of carbonyl (C=O) groups is 1. The van der Waals surface area contributed by atoms with Crippen LogP contribution in [0.3, 0.4) is 0 Å². The van der Waals surface area contributed by atoms with Gasteiger partial charge in [-0.05, 0) is 55.5 Å². The third kappa shape index (κ3) is 4.11. The topological polar surface area (TPSA) is 68.0 Å². The lowest BCUT2D eigenvalue weighted by Gasteiger charge is -2.12. The SMILES string of the molecule is Nc1c(C(=O)Nc2cc(C(F)(F)F)ccc2Cl)sc2nc3c(cc12)CCCCCC3. The number of alkyl halides is 3. The van der Waals surface area contributed by atoms with Crippen LogP contribution < -0.4 is 11.1 Å². The standard InChI is InChI=1S/C21H19ClF3N3OS/c22-14-8-7-12(21(23,24)25)10-16(14)27-19(29)18-17(26)13-9-11-5-3-1-2-4-6-15(11)28-20(13)30-18/h7-10H,1-6,26H2,(H,27,29). The van der Waals surface area contributed by atoms with Crippen molar-refractivity contribution in [3.05, 3.63) is 51.0 Å². The first-order valence-electron chi connectivity index (χ1n) is 9.63. The van der Waals surface area contributed by atoms with Gasteiger partial charge >= 0.3 is 6.18 Å². The summed E-state index contributed by atoms with van der Waals surface area (Å²) in [7, 11) is 0. The van der Waals surface area contributed by atoms with Crippen molar-refractivity contribution < 1.29 is 18.0 Å². The maximum Gasteiger partial charge on any atom is 0.416 e. The molecule has 1 amide bonds. The van der Waals surface area contributed by atoms with Gasteiger partial charge in [-0.15, -0.1) is 11.3 Å². The fourth-order valence-corrected chi connectivity index (χ4v) is 4.81. The molecule has 9 heteroatoms. The number of thiophene rings is 1. The van der Waals surface area contributed by atoms with Gasteiger partial charge in [0.25, 0.3) is 5.91 Å². The zero-order valence-electron chi connectivity index (χ0n) is 15.9. The maximum absolute atomic E-state index is 13.0. The van der Waals surface area contributed by atoms with E-state index < -0.39 is 17.6 Å². The highest BCUT2D eigenvalue weighted by molar-refractivity contribution is 7.21. The first-order valence-corrected chi connectivity index (χ1v) is 10.8. The Morgan fingerprint density at radius 3 is 2.60 bits per heavy atom. The predicted octanol–water partition coefficient (Wildman–Crippen LogP) is 6.46. The molecule has 0 bridgehead atoms. The molecule has 3 N–H and O–H groups in total. The van der Waals surface area contributed by atoms with Crippen molar-refractivity contribution in [2.45, 2.75) is 44.7 Å². The quantitative estimate of drug-likeness (QED) is 0.467. The lowest BCUT2D eigenvalue weighted by atomic mass is 9.96. The van der Waals surface area contributed by atoms with Crippen LogP contribution in [0.4, 0.5) is 24.5 Å². The number of halogens is 4. The number of hydrogen-bond donors (Lipinski definition) is 2. The fourth-order valence-electron chi connectivity index (χ4n) is 3.66. The highest BCUT2D eigenvalue weighted by Gasteiger charge is 2.31. The van der Waals surface area contributed by atoms with Crippen molar-refractivity contribution in [2.24, 2.45) is 0 Å². The number of nitrogens with zero attached hydrogens (tertiary/aromatic N) is 1. The van der Waals surface area contributed by atoms with Crippen molar-refractivity contribution in [3.8, 4) is 0 Å². The van der Waals surface area contributed by atoms with E-state index in [1.165, 1.54) is 12.8 Å². The van der Waals surface area contributed by atoms with Crippen LogP contribution in [0.2, 0.25) is 5.02 Å². The molecule has 0 aliphatic heterocycles. The summed E-state index contributed by atoms with van der Waals surface area (Å²) in [6.45, 7) is 0. The second-order valence-corrected chi connectivity index (χ2v) is 8.76. The Morgan fingerprint density at radius 1 is 1.13 bits per heavy atom. The zero-order valence-corrected chi connectivity index (χ0v) is 17.5. The van der Waals surface area contributed by atoms with Gasteiger partial charge in [0.2, 0.25) is 0 Å². The molecule has 30 heavy (non-hydrogen) atoms. The molecule has 0 saturated carbocycles. The highest BCUT2D eigenvalue weighted by atomic mass is 35.5. The molecule has 0 atom stereocenters. The summed E-state index contributed by atoms with van der Waals surface area (Å²) in [4.78, 5) is 18.4. The molecule has 1 aromatic carbocycles. The van der Waals surface area contributed by atoms with Crippen LogP contribution >= 0.6 is 22.9 Å². The van der Waals surface area contributed by atoms with E-state index in [2.05, 4.69) is 5.32 Å². The Morgan fingerprint density at radius 2 is 1.87 bits per heavy atom. The number of aromatic nitrogens is 1. The largest absolute Gasteiger partial charge is 0.416 e. The number of amides is 1. The summed E-state index contributed by atoms with van der Waals surface area (Å²) < 4.78 is 39.0.